The number of nitrogens with zero attached hydrogens (tertiary/aromatic N) is 4. The number of anilines is 1. The van der Waals surface area contributed by atoms with Crippen LogP contribution in [0.4, 0.5) is 5.69 Å². The van der Waals surface area contributed by atoms with Crippen LogP contribution >= 0.6 is 0 Å². The Kier molecular flexibility index (Phi) is 2.93. The molecular formula is C14H16N4O2. The van der Waals surface area contributed by atoms with E-state index in [9.17, 15) is 9.90 Å². The van der Waals surface area contributed by atoms with Crippen molar-refractivity contribution in [1.29, 1.82) is 0 Å². The van der Waals surface area contributed by atoms with Gasteiger partial charge in [0.2, 0.25) is 0 Å². The van der Waals surface area contributed by atoms with Gasteiger partial charge < -0.3 is 10.0 Å². The molecule has 104 valence electrons. The number of aromatic nitrogens is 3. The molecule has 2 aromatic heterocycles. The molecule has 2 aromatic rings. The quantitative estimate of drug-likeness (QED) is 0.844. The molecule has 0 atom stereocenters. The minimum absolute atomic E-state index is 0.235. The van der Waals surface area contributed by atoms with Crippen LogP contribution in [-0.2, 0) is 7.05 Å². The Labute approximate surface area is 116 Å². The number of carboxylic acid groups (broad SMARTS) is 1. The first-order chi connectivity index (χ1) is 9.58. The van der Waals surface area contributed by atoms with E-state index in [-0.39, 0.29) is 5.56 Å². The molecule has 0 spiro atoms. The summed E-state index contributed by atoms with van der Waals surface area (Å²) in [6.07, 6.45) is 6.20. The second-order valence-electron chi connectivity index (χ2n) is 5.08. The average Bonchev–Trinajstić information content (AvgIpc) is 2.80. The maximum atomic E-state index is 11.5. The molecule has 0 saturated carbocycles. The van der Waals surface area contributed by atoms with E-state index >= 15 is 0 Å². The van der Waals surface area contributed by atoms with Crippen molar-refractivity contribution in [2.24, 2.45) is 7.05 Å². The van der Waals surface area contributed by atoms with Crippen LogP contribution in [0.15, 0.2) is 24.0 Å². The Hall–Kier alpha value is -2.37. The van der Waals surface area contributed by atoms with Crippen molar-refractivity contribution in [2.45, 2.75) is 13.3 Å². The van der Waals surface area contributed by atoms with Crippen molar-refractivity contribution in [3.63, 3.8) is 0 Å². The lowest BCUT2D eigenvalue weighted by Crippen LogP contribution is -2.30. The molecule has 0 saturated heterocycles. The number of pyridine rings is 1. The average molecular weight is 272 g/mol. The molecule has 1 N–H and O–H groups in total. The topological polar surface area (TPSA) is 71.2 Å². The fraction of sp³-hybridized carbons (Fsp3) is 0.357. The summed E-state index contributed by atoms with van der Waals surface area (Å²) in [4.78, 5) is 17.8. The SMILES string of the molecule is CC1=CCN(c2c(C(=O)O)cnc3c2cnn3C)CC1. The third-order valence-corrected chi connectivity index (χ3v) is 3.72. The van der Waals surface area contributed by atoms with Crippen molar-refractivity contribution in [2.75, 3.05) is 18.0 Å². The zero-order valence-electron chi connectivity index (χ0n) is 11.5. The Morgan fingerprint density at radius 2 is 2.20 bits per heavy atom. The highest BCUT2D eigenvalue weighted by Crippen LogP contribution is 2.31. The molecule has 0 amide bonds. The van der Waals surface area contributed by atoms with Gasteiger partial charge in [-0.2, -0.15) is 5.10 Å². The van der Waals surface area contributed by atoms with Crippen LogP contribution in [-0.4, -0.2) is 38.9 Å². The molecular weight excluding hydrogens is 256 g/mol. The van der Waals surface area contributed by atoms with E-state index in [0.717, 1.165) is 30.6 Å². The molecule has 0 aliphatic carbocycles. The van der Waals surface area contributed by atoms with Crippen molar-refractivity contribution in [1.82, 2.24) is 14.8 Å². The molecule has 0 unspecified atom stereocenters. The number of fused-ring (bicyclic) bond motifs is 1. The van der Waals surface area contributed by atoms with Crippen molar-refractivity contribution < 1.29 is 9.90 Å². The summed E-state index contributed by atoms with van der Waals surface area (Å²) in [6, 6.07) is 0. The first kappa shape index (κ1) is 12.7. The van der Waals surface area contributed by atoms with Crippen molar-refractivity contribution in [3.8, 4) is 0 Å². The number of rotatable bonds is 2. The molecule has 0 radical (unpaired) electrons. The zero-order chi connectivity index (χ0) is 14.3. The fourth-order valence-corrected chi connectivity index (χ4v) is 2.55. The van der Waals surface area contributed by atoms with Crippen molar-refractivity contribution in [3.05, 3.63) is 29.6 Å². The third-order valence-electron chi connectivity index (χ3n) is 3.72. The second kappa shape index (κ2) is 4.63. The lowest BCUT2D eigenvalue weighted by molar-refractivity contribution is 0.0697. The van der Waals surface area contributed by atoms with E-state index in [2.05, 4.69) is 28.0 Å². The summed E-state index contributed by atoms with van der Waals surface area (Å²) in [7, 11) is 1.81. The third kappa shape index (κ3) is 1.93. The van der Waals surface area contributed by atoms with Crippen LogP contribution in [0.5, 0.6) is 0 Å². The van der Waals surface area contributed by atoms with Crippen LogP contribution in [0.2, 0.25) is 0 Å². The Bertz CT molecular complexity index is 717. The normalized spacial score (nSPS) is 15.5. The van der Waals surface area contributed by atoms with Gasteiger partial charge >= 0.3 is 5.97 Å². The van der Waals surface area contributed by atoms with Gasteiger partial charge in [-0.3, -0.25) is 4.68 Å². The van der Waals surface area contributed by atoms with Crippen LogP contribution < -0.4 is 4.90 Å². The molecule has 0 fully saturated rings. The van der Waals surface area contributed by atoms with Gasteiger partial charge in [-0.05, 0) is 13.3 Å². The molecule has 20 heavy (non-hydrogen) atoms. The van der Waals surface area contributed by atoms with Gasteiger partial charge in [0.25, 0.3) is 0 Å². The van der Waals surface area contributed by atoms with Gasteiger partial charge in [-0.1, -0.05) is 11.6 Å². The van der Waals surface area contributed by atoms with Crippen molar-refractivity contribution >= 4 is 22.7 Å². The monoisotopic (exact) mass is 272 g/mol. The summed E-state index contributed by atoms with van der Waals surface area (Å²) >= 11 is 0. The summed E-state index contributed by atoms with van der Waals surface area (Å²) < 4.78 is 1.66. The van der Waals surface area contributed by atoms with Crippen LogP contribution in [0.3, 0.4) is 0 Å². The molecule has 0 bridgehead atoms. The molecule has 0 aromatic carbocycles. The lowest BCUT2D eigenvalue weighted by Gasteiger charge is -2.29. The molecule has 6 nitrogen and oxygen atoms in total. The van der Waals surface area contributed by atoms with Gasteiger partial charge in [0.05, 0.1) is 17.3 Å². The molecule has 3 heterocycles. The van der Waals surface area contributed by atoms with E-state index in [1.165, 1.54) is 11.8 Å². The number of aryl methyl sites for hydroxylation is 1. The highest BCUT2D eigenvalue weighted by atomic mass is 16.4. The lowest BCUT2D eigenvalue weighted by atomic mass is 10.1. The first-order valence-corrected chi connectivity index (χ1v) is 6.52. The molecule has 6 heteroatoms. The van der Waals surface area contributed by atoms with E-state index in [0.29, 0.717) is 5.65 Å². The Morgan fingerprint density at radius 3 is 2.85 bits per heavy atom. The summed E-state index contributed by atoms with van der Waals surface area (Å²) in [5.41, 5.74) is 3.00. The summed E-state index contributed by atoms with van der Waals surface area (Å²) in [5.74, 6) is -0.954. The molecule has 1 aliphatic rings. The largest absolute Gasteiger partial charge is 0.478 e. The predicted molar refractivity (Wildman–Crippen MR) is 76.1 cm³/mol. The summed E-state index contributed by atoms with van der Waals surface area (Å²) in [5, 5.41) is 14.4. The van der Waals surface area contributed by atoms with Gasteiger partial charge in [0, 0.05) is 26.3 Å². The van der Waals surface area contributed by atoms with Gasteiger partial charge in [-0.15, -0.1) is 0 Å². The maximum Gasteiger partial charge on any atom is 0.339 e. The zero-order valence-corrected chi connectivity index (χ0v) is 11.5. The van der Waals surface area contributed by atoms with Crippen LogP contribution in [0, 0.1) is 0 Å². The number of hydrogen-bond donors (Lipinski definition) is 1. The fourth-order valence-electron chi connectivity index (χ4n) is 2.55. The minimum Gasteiger partial charge on any atom is -0.478 e. The minimum atomic E-state index is -0.954. The number of carboxylic acids is 1. The maximum absolute atomic E-state index is 11.5. The summed E-state index contributed by atoms with van der Waals surface area (Å²) in [6.45, 7) is 3.64. The van der Waals surface area contributed by atoms with E-state index in [1.54, 1.807) is 17.9 Å². The highest BCUT2D eigenvalue weighted by Gasteiger charge is 2.22. The predicted octanol–water partition coefficient (Wildman–Crippen LogP) is 1.82. The second-order valence-corrected chi connectivity index (χ2v) is 5.08. The molecule has 3 rings (SSSR count). The number of hydrogen-bond acceptors (Lipinski definition) is 4. The van der Waals surface area contributed by atoms with E-state index in [1.807, 2.05) is 0 Å². The molecule has 1 aliphatic heterocycles. The van der Waals surface area contributed by atoms with E-state index in [4.69, 9.17) is 0 Å². The number of carbonyl (C=O) groups is 1. The highest BCUT2D eigenvalue weighted by molar-refractivity contribution is 6.03. The smallest absolute Gasteiger partial charge is 0.339 e. The first-order valence-electron chi connectivity index (χ1n) is 6.52. The van der Waals surface area contributed by atoms with Gasteiger partial charge in [-0.25, -0.2) is 9.78 Å². The van der Waals surface area contributed by atoms with Gasteiger partial charge in [0.15, 0.2) is 5.65 Å². The van der Waals surface area contributed by atoms with Crippen LogP contribution in [0.25, 0.3) is 11.0 Å². The standard InChI is InChI=1S/C14H16N4O2/c1-9-3-5-18(6-4-9)12-10-8-16-17(2)13(10)15-7-11(12)14(19)20/h3,7-8H,4-6H2,1-2H3,(H,19,20). The Balaban J connectivity index is 2.20. The number of aromatic carboxylic acids is 1. The van der Waals surface area contributed by atoms with Crippen LogP contribution in [0.1, 0.15) is 23.7 Å². The van der Waals surface area contributed by atoms with E-state index < -0.39 is 5.97 Å². The van der Waals surface area contributed by atoms with Gasteiger partial charge in [0.1, 0.15) is 5.56 Å². The Morgan fingerprint density at radius 1 is 1.40 bits per heavy atom.